The SMILES string of the molecule is CC(=O)Nc1[c]cc(I)cc1. The fraction of sp³-hybridized carbons (Fsp3) is 0.125. The molecule has 1 N–H and O–H groups in total. The molecular formula is C8H7INO. The molecule has 11 heavy (non-hydrogen) atoms. The second kappa shape index (κ2) is 3.71. The Morgan fingerprint density at radius 2 is 2.36 bits per heavy atom. The molecule has 1 aromatic rings. The van der Waals surface area contributed by atoms with Crippen LogP contribution in [0.2, 0.25) is 0 Å². The van der Waals surface area contributed by atoms with Crippen molar-refractivity contribution in [3.63, 3.8) is 0 Å². The molecule has 1 amide bonds. The largest absolute Gasteiger partial charge is 0.326 e. The molecule has 0 atom stereocenters. The summed E-state index contributed by atoms with van der Waals surface area (Å²) in [4.78, 5) is 10.6. The molecule has 1 radical (unpaired) electrons. The highest BCUT2D eigenvalue weighted by molar-refractivity contribution is 14.1. The zero-order valence-electron chi connectivity index (χ0n) is 6.02. The van der Waals surface area contributed by atoms with E-state index in [0.29, 0.717) is 0 Å². The molecule has 3 heteroatoms. The lowest BCUT2D eigenvalue weighted by atomic mass is 10.3. The van der Waals surface area contributed by atoms with Crippen LogP contribution in [-0.4, -0.2) is 5.91 Å². The number of hydrogen-bond acceptors (Lipinski definition) is 1. The Bertz CT molecular complexity index is 255. The summed E-state index contributed by atoms with van der Waals surface area (Å²) in [5.74, 6) is -0.0672. The van der Waals surface area contributed by atoms with Gasteiger partial charge in [-0.25, -0.2) is 0 Å². The van der Waals surface area contributed by atoms with Gasteiger partial charge in [-0.05, 0) is 40.8 Å². The summed E-state index contributed by atoms with van der Waals surface area (Å²) in [6.45, 7) is 1.48. The van der Waals surface area contributed by atoms with Crippen LogP contribution in [0.25, 0.3) is 0 Å². The quantitative estimate of drug-likeness (QED) is 0.769. The molecule has 0 aliphatic rings. The second-order valence-electron chi connectivity index (χ2n) is 2.10. The van der Waals surface area contributed by atoms with Crippen LogP contribution in [0.1, 0.15) is 6.92 Å². The number of halogens is 1. The molecule has 1 aromatic carbocycles. The topological polar surface area (TPSA) is 29.1 Å². The molecule has 0 unspecified atom stereocenters. The number of hydrogen-bond donors (Lipinski definition) is 1. The summed E-state index contributed by atoms with van der Waals surface area (Å²) >= 11 is 2.19. The first-order valence-electron chi connectivity index (χ1n) is 3.13. The molecule has 57 valence electrons. The molecule has 0 aromatic heterocycles. The minimum atomic E-state index is -0.0672. The molecular weight excluding hydrogens is 253 g/mol. The third-order valence-electron chi connectivity index (χ3n) is 1.09. The number of rotatable bonds is 1. The summed E-state index contributed by atoms with van der Waals surface area (Å²) in [5.41, 5.74) is 0.720. The van der Waals surface area contributed by atoms with Crippen LogP contribution in [0.3, 0.4) is 0 Å². The Morgan fingerprint density at radius 3 is 2.82 bits per heavy atom. The molecule has 0 aliphatic carbocycles. The van der Waals surface area contributed by atoms with E-state index in [9.17, 15) is 4.79 Å². The van der Waals surface area contributed by atoms with Gasteiger partial charge in [-0.3, -0.25) is 4.79 Å². The Kier molecular flexibility index (Phi) is 2.87. The number of benzene rings is 1. The van der Waals surface area contributed by atoms with E-state index < -0.39 is 0 Å². The third kappa shape index (κ3) is 2.88. The van der Waals surface area contributed by atoms with Crippen LogP contribution in [0.15, 0.2) is 18.2 Å². The average molecular weight is 260 g/mol. The van der Waals surface area contributed by atoms with Crippen LogP contribution >= 0.6 is 22.6 Å². The van der Waals surface area contributed by atoms with Gasteiger partial charge in [-0.2, -0.15) is 0 Å². The Hall–Kier alpha value is -0.580. The molecule has 0 saturated heterocycles. The minimum absolute atomic E-state index is 0.0672. The van der Waals surface area contributed by atoms with Crippen molar-refractivity contribution in [3.8, 4) is 0 Å². The molecule has 0 heterocycles. The molecule has 1 rings (SSSR count). The highest BCUT2D eigenvalue weighted by atomic mass is 127. The zero-order valence-corrected chi connectivity index (χ0v) is 8.18. The first-order chi connectivity index (χ1) is 5.18. The highest BCUT2D eigenvalue weighted by Crippen LogP contribution is 2.09. The maximum Gasteiger partial charge on any atom is 0.221 e. The number of amides is 1. The van der Waals surface area contributed by atoms with Crippen LogP contribution in [0, 0.1) is 9.64 Å². The van der Waals surface area contributed by atoms with Gasteiger partial charge >= 0.3 is 0 Å². The normalized spacial score (nSPS) is 9.27. The van der Waals surface area contributed by atoms with Gasteiger partial charge in [0.15, 0.2) is 0 Å². The maximum atomic E-state index is 10.6. The summed E-state index contributed by atoms with van der Waals surface area (Å²) < 4.78 is 1.11. The smallest absolute Gasteiger partial charge is 0.221 e. The molecule has 0 saturated carbocycles. The summed E-state index contributed by atoms with van der Waals surface area (Å²) in [7, 11) is 0. The predicted molar refractivity (Wildman–Crippen MR) is 52.3 cm³/mol. The number of carbonyl (C=O) groups excluding carboxylic acids is 1. The van der Waals surface area contributed by atoms with Gasteiger partial charge in [0.25, 0.3) is 0 Å². The van der Waals surface area contributed by atoms with Crippen LogP contribution in [0.5, 0.6) is 0 Å². The number of nitrogens with one attached hydrogen (secondary N) is 1. The van der Waals surface area contributed by atoms with Crippen LogP contribution < -0.4 is 5.32 Å². The maximum absolute atomic E-state index is 10.6. The van der Waals surface area contributed by atoms with Gasteiger partial charge in [0.2, 0.25) is 5.91 Å². The van der Waals surface area contributed by atoms with Gasteiger partial charge in [0.1, 0.15) is 0 Å². The summed E-state index contributed by atoms with van der Waals surface area (Å²) in [6, 6.07) is 8.50. The van der Waals surface area contributed by atoms with Crippen molar-refractivity contribution < 1.29 is 4.79 Å². The van der Waals surface area contributed by atoms with E-state index in [1.807, 2.05) is 18.2 Å². The van der Waals surface area contributed by atoms with E-state index in [4.69, 9.17) is 0 Å². The van der Waals surface area contributed by atoms with E-state index in [1.54, 1.807) is 0 Å². The average Bonchev–Trinajstić information content (AvgIpc) is 1.93. The first-order valence-corrected chi connectivity index (χ1v) is 4.21. The second-order valence-corrected chi connectivity index (χ2v) is 3.35. The Labute approximate surface area is 79.1 Å². The Balaban J connectivity index is 2.74. The van der Waals surface area contributed by atoms with E-state index in [-0.39, 0.29) is 5.91 Å². The van der Waals surface area contributed by atoms with E-state index in [2.05, 4.69) is 34.0 Å². The van der Waals surface area contributed by atoms with Crippen molar-refractivity contribution in [3.05, 3.63) is 27.8 Å². The summed E-state index contributed by atoms with van der Waals surface area (Å²) in [6.07, 6.45) is 0. The van der Waals surface area contributed by atoms with Gasteiger partial charge in [0.05, 0.1) is 0 Å². The van der Waals surface area contributed by atoms with Crippen molar-refractivity contribution in [1.29, 1.82) is 0 Å². The third-order valence-corrected chi connectivity index (χ3v) is 1.76. The lowest BCUT2D eigenvalue weighted by Gasteiger charge is -1.99. The fourth-order valence-corrected chi connectivity index (χ4v) is 1.01. The van der Waals surface area contributed by atoms with E-state index in [0.717, 1.165) is 9.26 Å². The molecule has 0 fully saturated rings. The van der Waals surface area contributed by atoms with Gasteiger partial charge in [-0.15, -0.1) is 0 Å². The van der Waals surface area contributed by atoms with Gasteiger partial charge in [-0.1, -0.05) is 0 Å². The lowest BCUT2D eigenvalue weighted by molar-refractivity contribution is -0.114. The van der Waals surface area contributed by atoms with E-state index in [1.165, 1.54) is 6.92 Å². The van der Waals surface area contributed by atoms with Gasteiger partial charge < -0.3 is 5.32 Å². The minimum Gasteiger partial charge on any atom is -0.326 e. The number of anilines is 1. The monoisotopic (exact) mass is 260 g/mol. The van der Waals surface area contributed by atoms with Gasteiger partial charge in [0, 0.05) is 22.2 Å². The van der Waals surface area contributed by atoms with Crippen LogP contribution in [-0.2, 0) is 4.79 Å². The standard InChI is InChI=1S/C8H7INO/c1-6(11)10-8-4-2-7(9)3-5-8/h2-4H,1H3,(H,10,11). The summed E-state index contributed by atoms with van der Waals surface area (Å²) in [5, 5.41) is 2.63. The zero-order chi connectivity index (χ0) is 8.27. The molecule has 0 aliphatic heterocycles. The van der Waals surface area contributed by atoms with Crippen molar-refractivity contribution in [2.24, 2.45) is 0 Å². The number of carbonyl (C=O) groups is 1. The van der Waals surface area contributed by atoms with Crippen molar-refractivity contribution in [2.75, 3.05) is 5.32 Å². The Morgan fingerprint density at radius 1 is 1.64 bits per heavy atom. The lowest BCUT2D eigenvalue weighted by Crippen LogP contribution is -2.05. The molecule has 2 nitrogen and oxygen atoms in total. The first kappa shape index (κ1) is 8.52. The molecule has 0 spiro atoms. The van der Waals surface area contributed by atoms with Crippen LogP contribution in [0.4, 0.5) is 5.69 Å². The molecule has 0 bridgehead atoms. The van der Waals surface area contributed by atoms with Crippen molar-refractivity contribution >= 4 is 34.2 Å². The van der Waals surface area contributed by atoms with Crippen molar-refractivity contribution in [2.45, 2.75) is 6.92 Å². The van der Waals surface area contributed by atoms with E-state index >= 15 is 0 Å². The highest BCUT2D eigenvalue weighted by Gasteiger charge is 1.93. The van der Waals surface area contributed by atoms with Crippen molar-refractivity contribution in [1.82, 2.24) is 0 Å². The fourth-order valence-electron chi connectivity index (χ4n) is 0.673. The predicted octanol–water partition coefficient (Wildman–Crippen LogP) is 2.05.